The van der Waals surface area contributed by atoms with Gasteiger partial charge >= 0.3 is 11.9 Å². The molecule has 0 radical (unpaired) electrons. The van der Waals surface area contributed by atoms with Crippen LogP contribution in [0.1, 0.15) is 26.7 Å². The Morgan fingerprint density at radius 3 is 2.22 bits per heavy atom. The van der Waals surface area contributed by atoms with Crippen LogP contribution in [0.2, 0.25) is 0 Å². The summed E-state index contributed by atoms with van der Waals surface area (Å²) in [4.78, 5) is 21.9. The van der Waals surface area contributed by atoms with Crippen molar-refractivity contribution in [1.29, 1.82) is 0 Å². The molecule has 1 aromatic rings. The van der Waals surface area contributed by atoms with E-state index in [0.29, 0.717) is 24.4 Å². The molecular weight excluding hydrogens is 348 g/mol. The van der Waals surface area contributed by atoms with Gasteiger partial charge in [0, 0.05) is 17.8 Å². The first-order chi connectivity index (χ1) is 12.9. The highest BCUT2D eigenvalue weighted by molar-refractivity contribution is 5.87. The summed E-state index contributed by atoms with van der Waals surface area (Å²) < 4.78 is 20.4. The number of esters is 2. The molecule has 1 atom stereocenters. The maximum atomic E-state index is 11.0. The number of carbonyl (C=O) groups excluding carboxylic acids is 2. The molecule has 0 spiro atoms. The van der Waals surface area contributed by atoms with Gasteiger partial charge in [0.25, 0.3) is 0 Å². The maximum Gasteiger partial charge on any atom is 0.333 e. The molecule has 27 heavy (non-hydrogen) atoms. The van der Waals surface area contributed by atoms with Crippen LogP contribution in [0.3, 0.4) is 0 Å². The minimum atomic E-state index is -0.383. The van der Waals surface area contributed by atoms with Crippen molar-refractivity contribution < 1.29 is 28.5 Å². The summed E-state index contributed by atoms with van der Waals surface area (Å²) in [6, 6.07) is 9.37. The third-order valence-electron chi connectivity index (χ3n) is 3.45. The van der Waals surface area contributed by atoms with E-state index in [-0.39, 0.29) is 24.6 Å². The predicted molar refractivity (Wildman–Crippen MR) is 102 cm³/mol. The Kier molecular flexibility index (Phi) is 10.6. The van der Waals surface area contributed by atoms with Crippen LogP contribution in [-0.4, -0.2) is 44.5 Å². The van der Waals surface area contributed by atoms with E-state index < -0.39 is 0 Å². The van der Waals surface area contributed by atoms with E-state index >= 15 is 0 Å². The SMILES string of the molecule is C=C(C)C(=O)OCC1CCCO1.C=C(C)C(=O)OCCOc1ccccc1. The summed E-state index contributed by atoms with van der Waals surface area (Å²) >= 11 is 0. The highest BCUT2D eigenvalue weighted by Gasteiger charge is 2.17. The minimum absolute atomic E-state index is 0.105. The van der Waals surface area contributed by atoms with Crippen molar-refractivity contribution in [3.8, 4) is 5.75 Å². The van der Waals surface area contributed by atoms with E-state index in [2.05, 4.69) is 13.2 Å². The van der Waals surface area contributed by atoms with Crippen LogP contribution in [0.4, 0.5) is 0 Å². The van der Waals surface area contributed by atoms with E-state index in [1.54, 1.807) is 13.8 Å². The van der Waals surface area contributed by atoms with Gasteiger partial charge in [-0.05, 0) is 38.8 Å². The zero-order chi connectivity index (χ0) is 20.1. The third-order valence-corrected chi connectivity index (χ3v) is 3.45. The fourth-order valence-electron chi connectivity index (χ4n) is 2.00. The Hall–Kier alpha value is -2.60. The van der Waals surface area contributed by atoms with Crippen molar-refractivity contribution in [3.05, 3.63) is 54.6 Å². The van der Waals surface area contributed by atoms with Gasteiger partial charge in [0.15, 0.2) is 0 Å². The Balaban J connectivity index is 0.000000277. The average Bonchev–Trinajstić information content (AvgIpc) is 3.18. The standard InChI is InChI=1S/C12H14O3.C9H14O3/c1-10(2)12(13)15-9-8-14-11-6-4-3-5-7-11;1-7(2)9(10)12-6-8-4-3-5-11-8/h3-7H,1,8-9H2,2H3;8H,1,3-6H2,2H3. The predicted octanol–water partition coefficient (Wildman–Crippen LogP) is 3.47. The van der Waals surface area contributed by atoms with E-state index in [0.717, 1.165) is 25.2 Å². The molecule has 0 bridgehead atoms. The van der Waals surface area contributed by atoms with Crippen molar-refractivity contribution in [1.82, 2.24) is 0 Å². The summed E-state index contributed by atoms with van der Waals surface area (Å²) in [6.07, 6.45) is 2.16. The fraction of sp³-hybridized carbons (Fsp3) is 0.429. The number of rotatable bonds is 8. The molecule has 0 N–H and O–H groups in total. The molecule has 1 saturated heterocycles. The topological polar surface area (TPSA) is 71.1 Å². The van der Waals surface area contributed by atoms with Gasteiger partial charge in [-0.15, -0.1) is 0 Å². The second-order valence-electron chi connectivity index (χ2n) is 6.09. The maximum absolute atomic E-state index is 11.0. The normalized spacial score (nSPS) is 15.1. The number of carbonyl (C=O) groups is 2. The fourth-order valence-corrected chi connectivity index (χ4v) is 2.00. The summed E-state index contributed by atoms with van der Waals surface area (Å²) in [5.41, 5.74) is 0.836. The van der Waals surface area contributed by atoms with E-state index in [1.165, 1.54) is 0 Å². The number of para-hydroxylation sites is 1. The summed E-state index contributed by atoms with van der Waals surface area (Å²) in [6.45, 7) is 12.0. The first-order valence-corrected chi connectivity index (χ1v) is 8.85. The molecule has 148 valence electrons. The van der Waals surface area contributed by atoms with Gasteiger partial charge in [0.1, 0.15) is 25.6 Å². The second kappa shape index (κ2) is 12.7. The van der Waals surface area contributed by atoms with Gasteiger partial charge in [0.05, 0.1) is 6.10 Å². The highest BCUT2D eigenvalue weighted by Crippen LogP contribution is 2.12. The Morgan fingerprint density at radius 2 is 1.67 bits per heavy atom. The first kappa shape index (κ1) is 22.4. The van der Waals surface area contributed by atoms with Gasteiger partial charge in [-0.1, -0.05) is 31.4 Å². The van der Waals surface area contributed by atoms with E-state index in [9.17, 15) is 9.59 Å². The lowest BCUT2D eigenvalue weighted by Gasteiger charge is -2.09. The number of hydrogen-bond donors (Lipinski definition) is 0. The molecule has 1 aliphatic rings. The smallest absolute Gasteiger partial charge is 0.333 e. The first-order valence-electron chi connectivity index (χ1n) is 8.85. The molecule has 0 saturated carbocycles. The Morgan fingerprint density at radius 1 is 1.04 bits per heavy atom. The number of hydrogen-bond acceptors (Lipinski definition) is 6. The molecule has 0 aromatic heterocycles. The van der Waals surface area contributed by atoms with E-state index in [1.807, 2.05) is 30.3 Å². The molecule has 6 heteroatoms. The van der Waals surface area contributed by atoms with Crippen molar-refractivity contribution in [2.75, 3.05) is 26.4 Å². The van der Waals surface area contributed by atoms with Gasteiger partial charge in [-0.2, -0.15) is 0 Å². The van der Waals surface area contributed by atoms with Crippen molar-refractivity contribution in [2.24, 2.45) is 0 Å². The van der Waals surface area contributed by atoms with Crippen LogP contribution >= 0.6 is 0 Å². The van der Waals surface area contributed by atoms with Gasteiger partial charge in [0.2, 0.25) is 0 Å². The number of benzene rings is 1. The molecule has 1 aromatic carbocycles. The molecule has 0 aliphatic carbocycles. The molecular formula is C21H28O6. The summed E-state index contributed by atoms with van der Waals surface area (Å²) in [7, 11) is 0. The van der Waals surface area contributed by atoms with Crippen LogP contribution in [0.15, 0.2) is 54.6 Å². The van der Waals surface area contributed by atoms with Crippen LogP contribution in [-0.2, 0) is 23.8 Å². The lowest BCUT2D eigenvalue weighted by molar-refractivity contribution is -0.142. The highest BCUT2D eigenvalue weighted by atomic mass is 16.6. The number of ether oxygens (including phenoxy) is 4. The van der Waals surface area contributed by atoms with Crippen molar-refractivity contribution in [2.45, 2.75) is 32.8 Å². The average molecular weight is 376 g/mol. The second-order valence-corrected chi connectivity index (χ2v) is 6.09. The zero-order valence-electron chi connectivity index (χ0n) is 16.1. The van der Waals surface area contributed by atoms with Crippen molar-refractivity contribution >= 4 is 11.9 Å². The van der Waals surface area contributed by atoms with Gasteiger partial charge < -0.3 is 18.9 Å². The minimum Gasteiger partial charge on any atom is -0.490 e. The molecule has 2 rings (SSSR count). The van der Waals surface area contributed by atoms with Crippen LogP contribution in [0.25, 0.3) is 0 Å². The monoisotopic (exact) mass is 376 g/mol. The molecule has 1 unspecified atom stereocenters. The quantitative estimate of drug-likeness (QED) is 0.393. The van der Waals surface area contributed by atoms with Gasteiger partial charge in [-0.3, -0.25) is 0 Å². The third kappa shape index (κ3) is 10.2. The molecule has 0 amide bonds. The van der Waals surface area contributed by atoms with Crippen LogP contribution in [0.5, 0.6) is 5.75 Å². The van der Waals surface area contributed by atoms with Crippen LogP contribution in [0, 0.1) is 0 Å². The summed E-state index contributed by atoms with van der Waals surface area (Å²) in [5, 5.41) is 0. The Labute approximate surface area is 160 Å². The molecule has 1 aliphatic heterocycles. The zero-order valence-corrected chi connectivity index (χ0v) is 16.1. The summed E-state index contributed by atoms with van der Waals surface area (Å²) in [5.74, 6) is 0.0565. The Bertz CT molecular complexity index is 617. The van der Waals surface area contributed by atoms with Gasteiger partial charge in [-0.25, -0.2) is 9.59 Å². The lowest BCUT2D eigenvalue weighted by atomic mass is 10.2. The largest absolute Gasteiger partial charge is 0.490 e. The van der Waals surface area contributed by atoms with E-state index in [4.69, 9.17) is 18.9 Å². The molecule has 6 nitrogen and oxygen atoms in total. The molecule has 1 fully saturated rings. The molecule has 1 heterocycles. The van der Waals surface area contributed by atoms with Crippen LogP contribution < -0.4 is 4.74 Å². The van der Waals surface area contributed by atoms with Crippen molar-refractivity contribution in [3.63, 3.8) is 0 Å². The lowest BCUT2D eigenvalue weighted by Crippen LogP contribution is -2.17.